The molecule has 0 saturated heterocycles. The monoisotopic (exact) mass is 262 g/mol. The minimum atomic E-state index is -0.366. The molecule has 0 bridgehead atoms. The summed E-state index contributed by atoms with van der Waals surface area (Å²) in [5.74, 6) is -0.723. The van der Waals surface area contributed by atoms with Crippen LogP contribution in [0.5, 0.6) is 0 Å². The molecular formula is C15H18O4. The van der Waals surface area contributed by atoms with E-state index in [1.165, 1.54) is 6.08 Å². The number of esters is 2. The van der Waals surface area contributed by atoms with Crippen LogP contribution in [0, 0.1) is 0 Å². The molecule has 1 rings (SSSR count). The molecule has 1 aromatic rings. The number of rotatable bonds is 6. The van der Waals surface area contributed by atoms with E-state index in [4.69, 9.17) is 9.47 Å². The van der Waals surface area contributed by atoms with Gasteiger partial charge in [0.05, 0.1) is 18.8 Å². The van der Waals surface area contributed by atoms with Gasteiger partial charge in [-0.15, -0.1) is 0 Å². The summed E-state index contributed by atoms with van der Waals surface area (Å²) >= 11 is 0. The summed E-state index contributed by atoms with van der Waals surface area (Å²) in [7, 11) is 0. The van der Waals surface area contributed by atoms with Crippen LogP contribution in [0.3, 0.4) is 0 Å². The van der Waals surface area contributed by atoms with Gasteiger partial charge in [0.2, 0.25) is 0 Å². The third-order valence-electron chi connectivity index (χ3n) is 2.39. The Morgan fingerprint density at radius 2 is 1.84 bits per heavy atom. The largest absolute Gasteiger partial charge is 0.463 e. The van der Waals surface area contributed by atoms with Crippen LogP contribution in [0.4, 0.5) is 0 Å². The van der Waals surface area contributed by atoms with Crippen molar-refractivity contribution in [1.82, 2.24) is 0 Å². The van der Waals surface area contributed by atoms with E-state index in [-0.39, 0.29) is 18.5 Å². The van der Waals surface area contributed by atoms with Crippen molar-refractivity contribution in [1.29, 1.82) is 0 Å². The van der Waals surface area contributed by atoms with Gasteiger partial charge in [0.1, 0.15) is 0 Å². The summed E-state index contributed by atoms with van der Waals surface area (Å²) in [4.78, 5) is 22.8. The second kappa shape index (κ2) is 8.08. The predicted molar refractivity (Wildman–Crippen MR) is 71.7 cm³/mol. The number of benzene rings is 1. The highest BCUT2D eigenvalue weighted by Gasteiger charge is 2.06. The van der Waals surface area contributed by atoms with E-state index in [1.807, 2.05) is 6.07 Å². The maximum atomic E-state index is 11.6. The Hall–Kier alpha value is -2.10. The molecule has 0 aliphatic rings. The first kappa shape index (κ1) is 15.0. The van der Waals surface area contributed by atoms with Gasteiger partial charge in [0.15, 0.2) is 0 Å². The maximum absolute atomic E-state index is 11.6. The van der Waals surface area contributed by atoms with Crippen molar-refractivity contribution >= 4 is 11.9 Å². The van der Waals surface area contributed by atoms with E-state index in [0.29, 0.717) is 18.6 Å². The highest BCUT2D eigenvalue weighted by Crippen LogP contribution is 2.05. The average Bonchev–Trinajstić information content (AvgIpc) is 2.39. The van der Waals surface area contributed by atoms with Crippen molar-refractivity contribution in [2.45, 2.75) is 20.3 Å². The van der Waals surface area contributed by atoms with Crippen LogP contribution >= 0.6 is 0 Å². The molecule has 0 saturated carbocycles. The second-order valence-electron chi connectivity index (χ2n) is 3.99. The lowest BCUT2D eigenvalue weighted by Gasteiger charge is -2.05. The minimum absolute atomic E-state index is 0.246. The van der Waals surface area contributed by atoms with Crippen LogP contribution in [-0.2, 0) is 14.3 Å². The van der Waals surface area contributed by atoms with E-state index in [9.17, 15) is 9.59 Å². The Bertz CT molecular complexity index is 448. The Labute approximate surface area is 113 Å². The summed E-state index contributed by atoms with van der Waals surface area (Å²) in [6.45, 7) is 4.15. The average molecular weight is 262 g/mol. The van der Waals surface area contributed by atoms with Crippen molar-refractivity contribution in [2.75, 3.05) is 13.2 Å². The fraction of sp³-hybridized carbons (Fsp3) is 0.333. The molecule has 0 fully saturated rings. The molecule has 4 nitrogen and oxygen atoms in total. The topological polar surface area (TPSA) is 52.6 Å². The Morgan fingerprint density at radius 1 is 1.16 bits per heavy atom. The zero-order chi connectivity index (χ0) is 14.1. The van der Waals surface area contributed by atoms with Gasteiger partial charge >= 0.3 is 11.9 Å². The van der Waals surface area contributed by atoms with Crippen molar-refractivity contribution in [3.05, 3.63) is 47.5 Å². The number of hydrogen-bond acceptors (Lipinski definition) is 4. The van der Waals surface area contributed by atoms with Crippen LogP contribution < -0.4 is 0 Å². The molecule has 4 heteroatoms. The Kier molecular flexibility index (Phi) is 6.36. The van der Waals surface area contributed by atoms with Crippen molar-refractivity contribution in [3.63, 3.8) is 0 Å². The third-order valence-corrected chi connectivity index (χ3v) is 2.39. The lowest BCUT2D eigenvalue weighted by Crippen LogP contribution is -2.07. The first-order chi connectivity index (χ1) is 9.13. The standard InChI is InChI=1S/C15H18O4/c1-3-18-14(16)11-12(2)9-10-19-15(17)13-7-5-4-6-8-13/h4-8,11H,3,9-10H2,1-2H3/b12-11-. The third kappa shape index (κ3) is 5.86. The smallest absolute Gasteiger partial charge is 0.338 e. The quantitative estimate of drug-likeness (QED) is 0.584. The molecule has 0 spiro atoms. The molecule has 19 heavy (non-hydrogen) atoms. The summed E-state index contributed by atoms with van der Waals surface area (Å²) in [6, 6.07) is 8.79. The molecule has 0 aromatic heterocycles. The molecule has 0 radical (unpaired) electrons. The van der Waals surface area contributed by atoms with Crippen LogP contribution in [0.15, 0.2) is 42.0 Å². The van der Waals surface area contributed by atoms with Crippen LogP contribution in [0.2, 0.25) is 0 Å². The number of carbonyl (C=O) groups is 2. The van der Waals surface area contributed by atoms with E-state index in [1.54, 1.807) is 38.1 Å². The van der Waals surface area contributed by atoms with E-state index in [0.717, 1.165) is 5.57 Å². The predicted octanol–water partition coefficient (Wildman–Crippen LogP) is 2.74. The summed E-state index contributed by atoms with van der Waals surface area (Å²) in [5, 5.41) is 0. The van der Waals surface area contributed by atoms with Gasteiger partial charge < -0.3 is 9.47 Å². The molecule has 0 amide bonds. The van der Waals surface area contributed by atoms with Gasteiger partial charge in [0.25, 0.3) is 0 Å². The summed E-state index contributed by atoms with van der Waals surface area (Å²) in [5.41, 5.74) is 1.34. The molecule has 1 aromatic carbocycles. The summed E-state index contributed by atoms with van der Waals surface area (Å²) in [6.07, 6.45) is 1.93. The molecule has 0 aliphatic heterocycles. The Morgan fingerprint density at radius 3 is 2.47 bits per heavy atom. The number of ether oxygens (including phenoxy) is 2. The zero-order valence-corrected chi connectivity index (χ0v) is 11.2. The zero-order valence-electron chi connectivity index (χ0n) is 11.2. The Balaban J connectivity index is 2.34. The normalized spacial score (nSPS) is 10.9. The highest BCUT2D eigenvalue weighted by molar-refractivity contribution is 5.89. The maximum Gasteiger partial charge on any atom is 0.338 e. The lowest BCUT2D eigenvalue weighted by atomic mass is 10.2. The highest BCUT2D eigenvalue weighted by atomic mass is 16.5. The molecule has 0 aliphatic carbocycles. The van der Waals surface area contributed by atoms with E-state index in [2.05, 4.69) is 0 Å². The molecule has 0 heterocycles. The van der Waals surface area contributed by atoms with Gasteiger partial charge in [-0.1, -0.05) is 23.8 Å². The summed E-state index contributed by atoms with van der Waals surface area (Å²) < 4.78 is 9.89. The van der Waals surface area contributed by atoms with Gasteiger partial charge in [-0.25, -0.2) is 9.59 Å². The van der Waals surface area contributed by atoms with Crippen molar-refractivity contribution in [2.24, 2.45) is 0 Å². The first-order valence-corrected chi connectivity index (χ1v) is 6.19. The van der Waals surface area contributed by atoms with Crippen molar-refractivity contribution < 1.29 is 19.1 Å². The number of carbonyl (C=O) groups excluding carboxylic acids is 2. The fourth-order valence-electron chi connectivity index (χ4n) is 1.42. The van der Waals surface area contributed by atoms with Crippen LogP contribution in [-0.4, -0.2) is 25.2 Å². The molecular weight excluding hydrogens is 244 g/mol. The fourth-order valence-corrected chi connectivity index (χ4v) is 1.42. The second-order valence-corrected chi connectivity index (χ2v) is 3.99. The van der Waals surface area contributed by atoms with Gasteiger partial charge in [-0.05, 0) is 26.0 Å². The van der Waals surface area contributed by atoms with Gasteiger partial charge in [-0.3, -0.25) is 0 Å². The number of hydrogen-bond donors (Lipinski definition) is 0. The minimum Gasteiger partial charge on any atom is -0.463 e. The first-order valence-electron chi connectivity index (χ1n) is 6.19. The van der Waals surface area contributed by atoms with Gasteiger partial charge in [0, 0.05) is 12.5 Å². The molecule has 0 atom stereocenters. The molecule has 0 unspecified atom stereocenters. The lowest BCUT2D eigenvalue weighted by molar-refractivity contribution is -0.137. The van der Waals surface area contributed by atoms with E-state index >= 15 is 0 Å². The molecule has 0 N–H and O–H groups in total. The SMILES string of the molecule is CCOC(=O)/C=C(/C)CCOC(=O)c1ccccc1. The van der Waals surface area contributed by atoms with Crippen molar-refractivity contribution in [3.8, 4) is 0 Å². The van der Waals surface area contributed by atoms with Crippen LogP contribution in [0.25, 0.3) is 0 Å². The molecule has 102 valence electrons. The van der Waals surface area contributed by atoms with Crippen LogP contribution in [0.1, 0.15) is 30.6 Å². The van der Waals surface area contributed by atoms with E-state index < -0.39 is 0 Å². The van der Waals surface area contributed by atoms with Gasteiger partial charge in [-0.2, -0.15) is 0 Å².